The van der Waals surface area contributed by atoms with Gasteiger partial charge in [-0.05, 0) is 18.2 Å². The second-order valence-corrected chi connectivity index (χ2v) is 3.82. The van der Waals surface area contributed by atoms with Gasteiger partial charge in [-0.2, -0.15) is 0 Å². The molecular formula is C11H16ClN3O3. The van der Waals surface area contributed by atoms with Crippen LogP contribution in [0.25, 0.3) is 0 Å². The van der Waals surface area contributed by atoms with Crippen LogP contribution < -0.4 is 16.4 Å². The lowest BCUT2D eigenvalue weighted by atomic mass is 10.3. The fourth-order valence-corrected chi connectivity index (χ4v) is 1.37. The van der Waals surface area contributed by atoms with E-state index in [1.165, 1.54) is 0 Å². The average Bonchev–Trinajstić information content (AvgIpc) is 2.32. The van der Waals surface area contributed by atoms with Crippen molar-refractivity contribution in [2.45, 2.75) is 0 Å². The zero-order valence-electron chi connectivity index (χ0n) is 10.0. The Morgan fingerprint density at radius 2 is 2.22 bits per heavy atom. The molecule has 1 aromatic carbocycles. The van der Waals surface area contributed by atoms with Crippen LogP contribution in [0, 0.1) is 0 Å². The highest BCUT2D eigenvalue weighted by atomic mass is 35.5. The summed E-state index contributed by atoms with van der Waals surface area (Å²) in [6, 6.07) is 4.44. The van der Waals surface area contributed by atoms with E-state index in [-0.39, 0.29) is 6.73 Å². The fraction of sp³-hybridized carbons (Fsp3) is 0.364. The number of hydrogen-bond acceptors (Lipinski definition) is 4. The average molecular weight is 274 g/mol. The van der Waals surface area contributed by atoms with Gasteiger partial charge >= 0.3 is 6.03 Å². The molecule has 4 N–H and O–H groups in total. The molecule has 6 nitrogen and oxygen atoms in total. The van der Waals surface area contributed by atoms with Crippen molar-refractivity contribution in [3.8, 4) is 0 Å². The number of rotatable bonds is 6. The maximum atomic E-state index is 11.5. The largest absolute Gasteiger partial charge is 0.399 e. The van der Waals surface area contributed by atoms with Gasteiger partial charge in [-0.15, -0.1) is 0 Å². The number of methoxy groups -OCH3 is 1. The number of nitrogens with one attached hydrogen (secondary N) is 2. The Morgan fingerprint density at radius 1 is 1.44 bits per heavy atom. The van der Waals surface area contributed by atoms with E-state index in [1.54, 1.807) is 25.3 Å². The monoisotopic (exact) mass is 273 g/mol. The smallest absolute Gasteiger partial charge is 0.321 e. The van der Waals surface area contributed by atoms with Gasteiger partial charge < -0.3 is 25.8 Å². The number of halogens is 1. The summed E-state index contributed by atoms with van der Waals surface area (Å²) < 4.78 is 9.87. The van der Waals surface area contributed by atoms with E-state index >= 15 is 0 Å². The first kappa shape index (κ1) is 14.6. The molecule has 0 unspecified atom stereocenters. The van der Waals surface area contributed by atoms with Crippen molar-refractivity contribution in [2.24, 2.45) is 0 Å². The van der Waals surface area contributed by atoms with Crippen LogP contribution >= 0.6 is 11.6 Å². The van der Waals surface area contributed by atoms with Gasteiger partial charge in [-0.1, -0.05) is 11.6 Å². The lowest BCUT2D eigenvalue weighted by Gasteiger charge is -2.09. The highest BCUT2D eigenvalue weighted by Crippen LogP contribution is 2.23. The molecule has 0 atom stereocenters. The van der Waals surface area contributed by atoms with Gasteiger partial charge in [-0.25, -0.2) is 4.79 Å². The molecule has 0 aliphatic heterocycles. The summed E-state index contributed by atoms with van der Waals surface area (Å²) in [6.45, 7) is 0.994. The molecule has 0 radical (unpaired) electrons. The van der Waals surface area contributed by atoms with Gasteiger partial charge in [0.1, 0.15) is 6.73 Å². The minimum atomic E-state index is -0.404. The molecule has 0 spiro atoms. The summed E-state index contributed by atoms with van der Waals surface area (Å²) >= 11 is 5.91. The molecule has 100 valence electrons. The summed E-state index contributed by atoms with van der Waals surface area (Å²) in [6.07, 6.45) is 0. The third-order valence-corrected chi connectivity index (χ3v) is 2.32. The van der Waals surface area contributed by atoms with E-state index in [9.17, 15) is 4.79 Å². The zero-order valence-corrected chi connectivity index (χ0v) is 10.8. The molecule has 0 aromatic heterocycles. The summed E-state index contributed by atoms with van der Waals surface area (Å²) in [5.41, 5.74) is 6.56. The van der Waals surface area contributed by atoms with Gasteiger partial charge in [0.25, 0.3) is 0 Å². The standard InChI is InChI=1S/C11H16ClN3O3/c1-17-4-5-18-7-14-11(16)15-10-3-2-8(13)6-9(10)12/h2-3,6H,4-5,7,13H2,1H3,(H2,14,15,16). The number of benzene rings is 1. The van der Waals surface area contributed by atoms with E-state index < -0.39 is 6.03 Å². The summed E-state index contributed by atoms with van der Waals surface area (Å²) in [4.78, 5) is 11.5. The number of carbonyl (C=O) groups is 1. The van der Waals surface area contributed by atoms with Crippen molar-refractivity contribution in [2.75, 3.05) is 38.1 Å². The molecule has 7 heteroatoms. The molecule has 0 aliphatic carbocycles. The maximum Gasteiger partial charge on any atom is 0.321 e. The van der Waals surface area contributed by atoms with Gasteiger partial charge in [-0.3, -0.25) is 0 Å². The van der Waals surface area contributed by atoms with Gasteiger partial charge in [0, 0.05) is 12.8 Å². The molecule has 0 saturated carbocycles. The number of carbonyl (C=O) groups excluding carboxylic acids is 1. The predicted octanol–water partition coefficient (Wildman–Crippen LogP) is 1.66. The molecule has 1 aromatic rings. The van der Waals surface area contributed by atoms with Crippen molar-refractivity contribution in [3.05, 3.63) is 23.2 Å². The molecule has 2 amide bonds. The van der Waals surface area contributed by atoms with E-state index in [0.29, 0.717) is 29.6 Å². The quantitative estimate of drug-likeness (QED) is 0.418. The summed E-state index contributed by atoms with van der Waals surface area (Å²) in [7, 11) is 1.58. The minimum absolute atomic E-state index is 0.0990. The van der Waals surface area contributed by atoms with Gasteiger partial charge in [0.05, 0.1) is 23.9 Å². The van der Waals surface area contributed by atoms with Crippen molar-refractivity contribution in [1.29, 1.82) is 0 Å². The molecular weight excluding hydrogens is 258 g/mol. The molecule has 0 bridgehead atoms. The van der Waals surface area contributed by atoms with Crippen LogP contribution in [0.1, 0.15) is 0 Å². The Kier molecular flexibility index (Phi) is 6.27. The van der Waals surface area contributed by atoms with Crippen LogP contribution in [0.3, 0.4) is 0 Å². The third kappa shape index (κ3) is 5.22. The second kappa shape index (κ2) is 7.75. The van der Waals surface area contributed by atoms with E-state index in [0.717, 1.165) is 0 Å². The number of anilines is 2. The minimum Gasteiger partial charge on any atom is -0.399 e. The van der Waals surface area contributed by atoms with Crippen LogP contribution in [-0.4, -0.2) is 33.1 Å². The van der Waals surface area contributed by atoms with Gasteiger partial charge in [0.15, 0.2) is 0 Å². The number of hydrogen-bond donors (Lipinski definition) is 3. The Hall–Kier alpha value is -1.50. The number of amides is 2. The number of ether oxygens (including phenoxy) is 2. The Balaban J connectivity index is 2.31. The molecule has 1 rings (SSSR count). The van der Waals surface area contributed by atoms with Crippen molar-refractivity contribution >= 4 is 29.0 Å². The Labute approximate surface area is 110 Å². The number of nitrogens with two attached hydrogens (primary N) is 1. The predicted molar refractivity (Wildman–Crippen MR) is 70.7 cm³/mol. The van der Waals surface area contributed by atoms with Crippen molar-refractivity contribution in [1.82, 2.24) is 5.32 Å². The van der Waals surface area contributed by atoms with Gasteiger partial charge in [0.2, 0.25) is 0 Å². The normalized spacial score (nSPS) is 10.1. The van der Waals surface area contributed by atoms with Crippen LogP contribution in [0.15, 0.2) is 18.2 Å². The fourth-order valence-electron chi connectivity index (χ4n) is 1.13. The highest BCUT2D eigenvalue weighted by molar-refractivity contribution is 6.34. The van der Waals surface area contributed by atoms with Crippen molar-refractivity contribution < 1.29 is 14.3 Å². The Bertz CT molecular complexity index is 401. The molecule has 0 heterocycles. The topological polar surface area (TPSA) is 85.6 Å². The number of urea groups is 1. The van der Waals surface area contributed by atoms with E-state index in [2.05, 4.69) is 10.6 Å². The second-order valence-electron chi connectivity index (χ2n) is 3.42. The molecule has 0 saturated heterocycles. The van der Waals surface area contributed by atoms with Crippen LogP contribution in [0.4, 0.5) is 16.2 Å². The van der Waals surface area contributed by atoms with E-state index in [4.69, 9.17) is 26.8 Å². The maximum absolute atomic E-state index is 11.5. The number of nitrogen functional groups attached to an aromatic ring is 1. The lowest BCUT2D eigenvalue weighted by Crippen LogP contribution is -2.31. The highest BCUT2D eigenvalue weighted by Gasteiger charge is 2.05. The lowest BCUT2D eigenvalue weighted by molar-refractivity contribution is 0.0650. The first-order chi connectivity index (χ1) is 8.63. The summed E-state index contributed by atoms with van der Waals surface area (Å²) in [5, 5.41) is 5.47. The third-order valence-electron chi connectivity index (χ3n) is 2.01. The zero-order chi connectivity index (χ0) is 13.4. The SMILES string of the molecule is COCCOCNC(=O)Nc1ccc(N)cc1Cl. The molecule has 0 fully saturated rings. The van der Waals surface area contributed by atoms with Crippen LogP contribution in [0.5, 0.6) is 0 Å². The molecule has 18 heavy (non-hydrogen) atoms. The van der Waals surface area contributed by atoms with Crippen LogP contribution in [0.2, 0.25) is 5.02 Å². The van der Waals surface area contributed by atoms with Crippen LogP contribution in [-0.2, 0) is 9.47 Å². The van der Waals surface area contributed by atoms with E-state index in [1.807, 2.05) is 0 Å². The summed E-state index contributed by atoms with van der Waals surface area (Å²) in [5.74, 6) is 0. The first-order valence-electron chi connectivity index (χ1n) is 5.30. The van der Waals surface area contributed by atoms with Crippen molar-refractivity contribution in [3.63, 3.8) is 0 Å². The molecule has 0 aliphatic rings. The first-order valence-corrected chi connectivity index (χ1v) is 5.68. The Morgan fingerprint density at radius 3 is 2.89 bits per heavy atom.